The molecule has 0 saturated heterocycles. The predicted molar refractivity (Wildman–Crippen MR) is 185 cm³/mol. The normalized spacial score (nSPS) is 14.0. The Bertz CT molecular complexity index is 1510. The Labute approximate surface area is 256 Å². The highest BCUT2D eigenvalue weighted by atomic mass is 31.1. The second-order valence-electron chi connectivity index (χ2n) is 13.6. The number of benzene rings is 4. The predicted octanol–water partition coefficient (Wildman–Crippen LogP) is 10.5. The highest BCUT2D eigenvalue weighted by Crippen LogP contribution is 2.51. The number of hydrogen-bond donors (Lipinski definition) is 0. The summed E-state index contributed by atoms with van der Waals surface area (Å²) in [4.78, 5) is 4.83. The van der Waals surface area contributed by atoms with Gasteiger partial charge in [0.2, 0.25) is 0 Å². The standard InChI is InChI=1S/C39H48NOP/c1-10-39(9,42-36-28(2)18-17-21-30(36)26-40-32-22-15-12-16-23-32)34-25-31(37(3,4)5)24-33(38(6,7)8)35(34)41-27-29-19-13-11-14-20-29/h11-26,42H,10,27H2,1-9H3. The molecule has 0 aliphatic heterocycles. The SMILES string of the molecule is CCC(C)(Pc1c(C)cccc1C=Nc1ccccc1)c1cc(C(C)(C)C)cc(C(C)(C)C)c1OCc1ccccc1. The molecule has 0 spiro atoms. The lowest BCUT2D eigenvalue weighted by Crippen LogP contribution is -2.26. The van der Waals surface area contributed by atoms with E-state index >= 15 is 0 Å². The van der Waals surface area contributed by atoms with Crippen molar-refractivity contribution >= 4 is 25.8 Å². The van der Waals surface area contributed by atoms with E-state index in [0.717, 1.165) is 17.9 Å². The van der Waals surface area contributed by atoms with E-state index in [4.69, 9.17) is 9.73 Å². The molecule has 2 nitrogen and oxygen atoms in total. The van der Waals surface area contributed by atoms with Crippen molar-refractivity contribution in [3.63, 3.8) is 0 Å². The molecule has 0 aromatic heterocycles. The number of aliphatic imine (C=N–C) groups is 1. The topological polar surface area (TPSA) is 21.6 Å². The van der Waals surface area contributed by atoms with Gasteiger partial charge in [-0.3, -0.25) is 4.99 Å². The van der Waals surface area contributed by atoms with Gasteiger partial charge in [-0.2, -0.15) is 0 Å². The summed E-state index contributed by atoms with van der Waals surface area (Å²) in [7, 11) is 0.547. The van der Waals surface area contributed by atoms with Crippen LogP contribution < -0.4 is 10.0 Å². The Morgan fingerprint density at radius 3 is 1.95 bits per heavy atom. The van der Waals surface area contributed by atoms with Gasteiger partial charge in [-0.05, 0) is 58.3 Å². The molecule has 4 aromatic carbocycles. The lowest BCUT2D eigenvalue weighted by Gasteiger charge is -2.37. The molecule has 2 unspecified atom stereocenters. The summed E-state index contributed by atoms with van der Waals surface area (Å²) in [6, 6.07) is 32.1. The Morgan fingerprint density at radius 1 is 0.738 bits per heavy atom. The van der Waals surface area contributed by atoms with Crippen LogP contribution in [0.3, 0.4) is 0 Å². The summed E-state index contributed by atoms with van der Waals surface area (Å²) in [5, 5.41) is 1.24. The molecule has 0 amide bonds. The van der Waals surface area contributed by atoms with Crippen LogP contribution in [0, 0.1) is 6.92 Å². The molecule has 0 fully saturated rings. The molecule has 0 saturated carbocycles. The average molecular weight is 578 g/mol. The van der Waals surface area contributed by atoms with Gasteiger partial charge in [-0.25, -0.2) is 0 Å². The van der Waals surface area contributed by atoms with Crippen LogP contribution in [0.5, 0.6) is 5.75 Å². The third-order valence-corrected chi connectivity index (χ3v) is 10.2. The first-order chi connectivity index (χ1) is 19.8. The van der Waals surface area contributed by atoms with E-state index in [0.29, 0.717) is 15.2 Å². The number of ether oxygens (including phenoxy) is 1. The second kappa shape index (κ2) is 13.0. The third-order valence-electron chi connectivity index (χ3n) is 8.11. The molecule has 0 radical (unpaired) electrons. The smallest absolute Gasteiger partial charge is 0.127 e. The zero-order chi connectivity index (χ0) is 30.5. The van der Waals surface area contributed by atoms with Crippen LogP contribution >= 0.6 is 8.58 Å². The van der Waals surface area contributed by atoms with Crippen molar-refractivity contribution < 1.29 is 4.74 Å². The fraction of sp³-hybridized carbons (Fsp3) is 0.359. The minimum absolute atomic E-state index is 0.0145. The first-order valence-corrected chi connectivity index (χ1v) is 16.1. The van der Waals surface area contributed by atoms with Crippen molar-refractivity contribution in [1.29, 1.82) is 0 Å². The van der Waals surface area contributed by atoms with Gasteiger partial charge in [0, 0.05) is 28.1 Å². The number of aryl methyl sites for hydroxylation is 1. The molecule has 220 valence electrons. The summed E-state index contributed by atoms with van der Waals surface area (Å²) >= 11 is 0. The van der Waals surface area contributed by atoms with E-state index in [9.17, 15) is 0 Å². The molecule has 0 bridgehead atoms. The lowest BCUT2D eigenvalue weighted by molar-refractivity contribution is 0.290. The number of rotatable bonds is 9. The maximum Gasteiger partial charge on any atom is 0.127 e. The average Bonchev–Trinajstić information content (AvgIpc) is 2.96. The van der Waals surface area contributed by atoms with Crippen molar-refractivity contribution in [2.45, 2.75) is 91.3 Å². The zero-order valence-corrected chi connectivity index (χ0v) is 28.0. The molecule has 4 rings (SSSR count). The summed E-state index contributed by atoms with van der Waals surface area (Å²) < 4.78 is 6.88. The molecule has 2 atom stereocenters. The molecule has 0 aliphatic carbocycles. The Balaban J connectivity index is 1.88. The minimum Gasteiger partial charge on any atom is -0.488 e. The van der Waals surface area contributed by atoms with E-state index in [1.54, 1.807) is 0 Å². The largest absolute Gasteiger partial charge is 0.488 e. The van der Waals surface area contributed by atoms with Gasteiger partial charge >= 0.3 is 0 Å². The van der Waals surface area contributed by atoms with Crippen LogP contribution in [0.4, 0.5) is 5.69 Å². The Morgan fingerprint density at radius 2 is 1.36 bits per heavy atom. The quantitative estimate of drug-likeness (QED) is 0.143. The van der Waals surface area contributed by atoms with Crippen molar-refractivity contribution in [2.24, 2.45) is 4.99 Å². The highest BCUT2D eigenvalue weighted by Gasteiger charge is 2.35. The summed E-state index contributed by atoms with van der Waals surface area (Å²) in [6.45, 7) is 21.4. The molecular formula is C39H48NOP. The fourth-order valence-electron chi connectivity index (χ4n) is 5.16. The first kappa shape index (κ1) is 31.7. The van der Waals surface area contributed by atoms with Gasteiger partial charge in [-0.15, -0.1) is 0 Å². The van der Waals surface area contributed by atoms with Crippen LogP contribution in [0.25, 0.3) is 0 Å². The van der Waals surface area contributed by atoms with Gasteiger partial charge in [-0.1, -0.05) is 143 Å². The van der Waals surface area contributed by atoms with Gasteiger partial charge in [0.1, 0.15) is 12.4 Å². The van der Waals surface area contributed by atoms with Gasteiger partial charge in [0.05, 0.1) is 5.69 Å². The van der Waals surface area contributed by atoms with Crippen LogP contribution in [0.1, 0.15) is 95.2 Å². The number of hydrogen-bond acceptors (Lipinski definition) is 2. The summed E-state index contributed by atoms with van der Waals surface area (Å²) in [6.07, 6.45) is 3.04. The molecule has 3 heteroatoms. The highest BCUT2D eigenvalue weighted by molar-refractivity contribution is 7.49. The number of nitrogens with zero attached hydrogens (tertiary/aromatic N) is 1. The summed E-state index contributed by atoms with van der Waals surface area (Å²) in [5.41, 5.74) is 8.53. The van der Waals surface area contributed by atoms with E-state index in [-0.39, 0.29) is 16.0 Å². The van der Waals surface area contributed by atoms with Crippen molar-refractivity contribution in [3.8, 4) is 5.75 Å². The second-order valence-corrected chi connectivity index (χ2v) is 15.5. The molecule has 0 heterocycles. The lowest BCUT2D eigenvalue weighted by atomic mass is 9.77. The van der Waals surface area contributed by atoms with Crippen molar-refractivity contribution in [3.05, 3.63) is 124 Å². The maximum absolute atomic E-state index is 6.88. The molecule has 4 aromatic rings. The van der Waals surface area contributed by atoms with E-state index < -0.39 is 0 Å². The zero-order valence-electron chi connectivity index (χ0n) is 27.0. The van der Waals surface area contributed by atoms with Crippen molar-refractivity contribution in [1.82, 2.24) is 0 Å². The fourth-order valence-corrected chi connectivity index (χ4v) is 6.78. The van der Waals surface area contributed by atoms with E-state index in [1.165, 1.54) is 38.7 Å². The van der Waals surface area contributed by atoms with Gasteiger partial charge in [0.15, 0.2) is 0 Å². The van der Waals surface area contributed by atoms with Crippen LogP contribution in [-0.4, -0.2) is 6.21 Å². The van der Waals surface area contributed by atoms with Crippen molar-refractivity contribution in [2.75, 3.05) is 0 Å². The van der Waals surface area contributed by atoms with Crippen LogP contribution in [-0.2, 0) is 22.6 Å². The molecule has 42 heavy (non-hydrogen) atoms. The van der Waals surface area contributed by atoms with Crippen LogP contribution in [0.2, 0.25) is 0 Å². The van der Waals surface area contributed by atoms with E-state index in [2.05, 4.69) is 123 Å². The maximum atomic E-state index is 6.88. The van der Waals surface area contributed by atoms with Gasteiger partial charge < -0.3 is 4.74 Å². The summed E-state index contributed by atoms with van der Waals surface area (Å²) in [5.74, 6) is 1.05. The molecule has 0 N–H and O–H groups in total. The van der Waals surface area contributed by atoms with E-state index in [1.807, 2.05) is 36.5 Å². The van der Waals surface area contributed by atoms with Gasteiger partial charge in [0.25, 0.3) is 0 Å². The first-order valence-electron chi connectivity index (χ1n) is 15.1. The monoisotopic (exact) mass is 577 g/mol. The molecule has 0 aliphatic rings. The Hall–Kier alpha value is -3.22. The third kappa shape index (κ3) is 7.59. The van der Waals surface area contributed by atoms with Crippen LogP contribution in [0.15, 0.2) is 96.0 Å². The number of para-hydroxylation sites is 1. The Kier molecular flexibility index (Phi) is 9.79. The minimum atomic E-state index is -0.130. The molecular weight excluding hydrogens is 529 g/mol.